The maximum atomic E-state index is 11.3. The van der Waals surface area contributed by atoms with Crippen LogP contribution >= 0.6 is 0 Å². The van der Waals surface area contributed by atoms with Gasteiger partial charge < -0.3 is 9.84 Å². The highest BCUT2D eigenvalue weighted by molar-refractivity contribution is 5.76. The summed E-state index contributed by atoms with van der Waals surface area (Å²) >= 11 is 0. The zero-order valence-corrected chi connectivity index (χ0v) is 9.06. The standard InChI is InChI=1S/C12H16O3/c1-3-9-7-5-6-8-10(9)11(13)12(14)15-4-2/h5-8,11,13H,3-4H2,1-2H3. The fraction of sp³-hybridized carbons (Fsp3) is 0.417. The number of aliphatic hydroxyl groups is 1. The fourth-order valence-electron chi connectivity index (χ4n) is 1.47. The normalized spacial score (nSPS) is 12.2. The number of ether oxygens (including phenoxy) is 1. The molecule has 0 radical (unpaired) electrons. The average molecular weight is 208 g/mol. The third-order valence-electron chi connectivity index (χ3n) is 2.24. The molecule has 0 heterocycles. The lowest BCUT2D eigenvalue weighted by Gasteiger charge is -2.13. The minimum atomic E-state index is -1.17. The van der Waals surface area contributed by atoms with Crippen molar-refractivity contribution in [3.63, 3.8) is 0 Å². The number of carbonyl (C=O) groups excluding carboxylic acids is 1. The zero-order valence-electron chi connectivity index (χ0n) is 9.06. The third-order valence-corrected chi connectivity index (χ3v) is 2.24. The summed E-state index contributed by atoms with van der Waals surface area (Å²) in [7, 11) is 0. The Labute approximate surface area is 89.7 Å². The van der Waals surface area contributed by atoms with Gasteiger partial charge in [0, 0.05) is 0 Å². The van der Waals surface area contributed by atoms with Gasteiger partial charge >= 0.3 is 5.97 Å². The predicted octanol–water partition coefficient (Wildman–Crippen LogP) is 1.85. The summed E-state index contributed by atoms with van der Waals surface area (Å²) in [5.74, 6) is -0.585. The maximum Gasteiger partial charge on any atom is 0.339 e. The van der Waals surface area contributed by atoms with Crippen LogP contribution in [0.15, 0.2) is 24.3 Å². The SMILES string of the molecule is CCOC(=O)C(O)c1ccccc1CC. The summed E-state index contributed by atoms with van der Waals surface area (Å²) in [6, 6.07) is 7.34. The second kappa shape index (κ2) is 5.51. The van der Waals surface area contributed by atoms with Crippen LogP contribution in [0.3, 0.4) is 0 Å². The molecule has 1 N–H and O–H groups in total. The molecule has 0 bridgehead atoms. The minimum Gasteiger partial charge on any atom is -0.464 e. The van der Waals surface area contributed by atoms with Crippen LogP contribution in [-0.4, -0.2) is 17.7 Å². The van der Waals surface area contributed by atoms with Gasteiger partial charge in [0.1, 0.15) is 0 Å². The quantitative estimate of drug-likeness (QED) is 0.768. The Bertz CT molecular complexity index is 333. The van der Waals surface area contributed by atoms with Crippen LogP contribution in [0.1, 0.15) is 31.1 Å². The first-order valence-corrected chi connectivity index (χ1v) is 5.13. The lowest BCUT2D eigenvalue weighted by molar-refractivity contribution is -0.153. The largest absolute Gasteiger partial charge is 0.464 e. The molecule has 0 aromatic heterocycles. The Morgan fingerprint density at radius 1 is 1.40 bits per heavy atom. The number of hydrogen-bond donors (Lipinski definition) is 1. The molecule has 15 heavy (non-hydrogen) atoms. The van der Waals surface area contributed by atoms with Gasteiger partial charge in [0.2, 0.25) is 0 Å². The summed E-state index contributed by atoms with van der Waals surface area (Å²) in [5.41, 5.74) is 1.61. The second-order valence-corrected chi connectivity index (χ2v) is 3.21. The maximum absolute atomic E-state index is 11.3. The van der Waals surface area contributed by atoms with E-state index in [1.54, 1.807) is 19.1 Å². The van der Waals surface area contributed by atoms with Gasteiger partial charge in [0.15, 0.2) is 6.10 Å². The number of benzene rings is 1. The topological polar surface area (TPSA) is 46.5 Å². The van der Waals surface area contributed by atoms with Crippen molar-refractivity contribution >= 4 is 5.97 Å². The van der Waals surface area contributed by atoms with Crippen LogP contribution in [0.25, 0.3) is 0 Å². The molecule has 1 aromatic carbocycles. The molecular weight excluding hydrogens is 192 g/mol. The molecule has 0 saturated heterocycles. The number of rotatable bonds is 4. The van der Waals surface area contributed by atoms with E-state index in [1.807, 2.05) is 19.1 Å². The highest BCUT2D eigenvalue weighted by atomic mass is 16.5. The lowest BCUT2D eigenvalue weighted by Crippen LogP contribution is -2.16. The molecule has 0 spiro atoms. The number of esters is 1. The van der Waals surface area contributed by atoms with Crippen LogP contribution in [0.5, 0.6) is 0 Å². The van der Waals surface area contributed by atoms with Crippen molar-refractivity contribution in [2.75, 3.05) is 6.61 Å². The molecule has 0 aliphatic heterocycles. The van der Waals surface area contributed by atoms with Crippen molar-refractivity contribution in [2.45, 2.75) is 26.4 Å². The van der Waals surface area contributed by atoms with Crippen molar-refractivity contribution in [1.82, 2.24) is 0 Å². The molecule has 0 aliphatic rings. The van der Waals surface area contributed by atoms with Gasteiger partial charge in [0.05, 0.1) is 6.61 Å². The van der Waals surface area contributed by atoms with Crippen LogP contribution < -0.4 is 0 Å². The van der Waals surface area contributed by atoms with Crippen LogP contribution in [-0.2, 0) is 16.0 Å². The zero-order chi connectivity index (χ0) is 11.3. The summed E-state index contributed by atoms with van der Waals surface area (Å²) in [6.45, 7) is 3.98. The molecule has 0 amide bonds. The van der Waals surface area contributed by atoms with E-state index < -0.39 is 12.1 Å². The monoisotopic (exact) mass is 208 g/mol. The van der Waals surface area contributed by atoms with Crippen molar-refractivity contribution in [3.8, 4) is 0 Å². The van der Waals surface area contributed by atoms with Gasteiger partial charge in [-0.25, -0.2) is 4.79 Å². The number of aliphatic hydroxyl groups excluding tert-OH is 1. The molecule has 1 atom stereocenters. The predicted molar refractivity (Wildman–Crippen MR) is 57.4 cm³/mol. The number of carbonyl (C=O) groups is 1. The first-order valence-electron chi connectivity index (χ1n) is 5.13. The number of aryl methyl sites for hydroxylation is 1. The molecular formula is C12H16O3. The number of hydrogen-bond acceptors (Lipinski definition) is 3. The van der Waals surface area contributed by atoms with Crippen molar-refractivity contribution in [3.05, 3.63) is 35.4 Å². The first kappa shape index (κ1) is 11.7. The second-order valence-electron chi connectivity index (χ2n) is 3.21. The van der Waals surface area contributed by atoms with Gasteiger partial charge in [-0.2, -0.15) is 0 Å². The smallest absolute Gasteiger partial charge is 0.339 e. The van der Waals surface area contributed by atoms with Gasteiger partial charge in [0.25, 0.3) is 0 Å². The summed E-state index contributed by atoms with van der Waals surface area (Å²) in [4.78, 5) is 11.3. The molecule has 1 unspecified atom stereocenters. The van der Waals surface area contributed by atoms with E-state index in [4.69, 9.17) is 4.74 Å². The van der Waals surface area contributed by atoms with E-state index in [2.05, 4.69) is 0 Å². The van der Waals surface area contributed by atoms with Gasteiger partial charge in [-0.15, -0.1) is 0 Å². The Kier molecular flexibility index (Phi) is 4.31. The van der Waals surface area contributed by atoms with Crippen LogP contribution in [0.2, 0.25) is 0 Å². The minimum absolute atomic E-state index is 0.282. The van der Waals surface area contributed by atoms with E-state index in [0.717, 1.165) is 12.0 Å². The van der Waals surface area contributed by atoms with Crippen LogP contribution in [0, 0.1) is 0 Å². The fourth-order valence-corrected chi connectivity index (χ4v) is 1.47. The summed E-state index contributed by atoms with van der Waals surface area (Å²) < 4.78 is 4.77. The average Bonchev–Trinajstić information content (AvgIpc) is 2.28. The molecule has 3 nitrogen and oxygen atoms in total. The van der Waals surface area contributed by atoms with E-state index in [0.29, 0.717) is 5.56 Å². The van der Waals surface area contributed by atoms with Gasteiger partial charge in [-0.1, -0.05) is 31.2 Å². The van der Waals surface area contributed by atoms with E-state index in [9.17, 15) is 9.90 Å². The van der Waals surface area contributed by atoms with Gasteiger partial charge in [-0.3, -0.25) is 0 Å². The highest BCUT2D eigenvalue weighted by Crippen LogP contribution is 2.19. The lowest BCUT2D eigenvalue weighted by atomic mass is 10.0. The van der Waals surface area contributed by atoms with E-state index >= 15 is 0 Å². The molecule has 0 fully saturated rings. The molecule has 82 valence electrons. The van der Waals surface area contributed by atoms with Gasteiger partial charge in [-0.05, 0) is 24.5 Å². The van der Waals surface area contributed by atoms with Crippen LogP contribution in [0.4, 0.5) is 0 Å². The highest BCUT2D eigenvalue weighted by Gasteiger charge is 2.20. The first-order chi connectivity index (χ1) is 7.20. The van der Waals surface area contributed by atoms with Crippen molar-refractivity contribution < 1.29 is 14.6 Å². The van der Waals surface area contributed by atoms with E-state index in [1.165, 1.54) is 0 Å². The Morgan fingerprint density at radius 3 is 2.67 bits per heavy atom. The van der Waals surface area contributed by atoms with Crippen molar-refractivity contribution in [1.29, 1.82) is 0 Å². The molecule has 0 aliphatic carbocycles. The molecule has 3 heteroatoms. The molecule has 1 rings (SSSR count). The summed E-state index contributed by atoms with van der Waals surface area (Å²) in [5, 5.41) is 9.76. The van der Waals surface area contributed by atoms with Crippen molar-refractivity contribution in [2.24, 2.45) is 0 Å². The molecule has 1 aromatic rings. The Balaban J connectivity index is 2.89. The Morgan fingerprint density at radius 2 is 2.07 bits per heavy atom. The van der Waals surface area contributed by atoms with E-state index in [-0.39, 0.29) is 6.61 Å². The third kappa shape index (κ3) is 2.80. The Hall–Kier alpha value is -1.35. The summed E-state index contributed by atoms with van der Waals surface area (Å²) in [6.07, 6.45) is -0.381. The molecule has 0 saturated carbocycles.